The van der Waals surface area contributed by atoms with Crippen molar-refractivity contribution in [2.75, 3.05) is 30.5 Å². The third-order valence-corrected chi connectivity index (χ3v) is 4.50. The number of carbonyl (C=O) groups is 2. The van der Waals surface area contributed by atoms with E-state index in [4.69, 9.17) is 4.74 Å². The lowest BCUT2D eigenvalue weighted by Gasteiger charge is -2.07. The Morgan fingerprint density at radius 1 is 1.04 bits per heavy atom. The first-order valence-corrected chi connectivity index (χ1v) is 9.35. The Morgan fingerprint density at radius 2 is 1.74 bits per heavy atom. The molecule has 2 amide bonds. The molecule has 0 aliphatic rings. The minimum atomic E-state index is -0.843. The quantitative estimate of drug-likeness (QED) is 0.686. The Balaban J connectivity index is 1.62. The average Bonchev–Trinajstić information content (AvgIpc) is 2.64. The molecule has 0 aromatic heterocycles. The molecule has 0 heterocycles. The molecule has 0 spiro atoms. The first kappa shape index (κ1) is 20.7. The van der Waals surface area contributed by atoms with Crippen molar-refractivity contribution in [3.05, 3.63) is 59.7 Å². The maximum atomic E-state index is 13.5. The van der Waals surface area contributed by atoms with E-state index in [1.165, 1.54) is 0 Å². The van der Waals surface area contributed by atoms with Crippen molar-refractivity contribution in [1.29, 1.82) is 0 Å². The summed E-state index contributed by atoms with van der Waals surface area (Å²) in [5.74, 6) is -1.33. The number of hydrogen-bond donors (Lipinski definition) is 2. The number of anilines is 1. The van der Waals surface area contributed by atoms with E-state index in [1.54, 1.807) is 7.11 Å². The van der Waals surface area contributed by atoms with E-state index in [0.717, 1.165) is 35.2 Å². The number of rotatable bonds is 9. The molecule has 0 aliphatic heterocycles. The lowest BCUT2D eigenvalue weighted by Crippen LogP contribution is -2.28. The number of hydrogen-bond acceptors (Lipinski definition) is 4. The number of nitrogens with one attached hydrogen (secondary N) is 2. The van der Waals surface area contributed by atoms with Gasteiger partial charge < -0.3 is 15.4 Å². The second-order valence-electron chi connectivity index (χ2n) is 5.61. The van der Waals surface area contributed by atoms with Gasteiger partial charge in [-0.25, -0.2) is 8.78 Å². The van der Waals surface area contributed by atoms with Crippen LogP contribution < -0.4 is 15.4 Å². The molecule has 0 atom stereocenters. The minimum absolute atomic E-state index is 0.0112. The lowest BCUT2D eigenvalue weighted by molar-refractivity contribution is -0.118. The third kappa shape index (κ3) is 7.26. The SMILES string of the molecule is COc1ccc(CCNC(=O)CSCC(=O)Nc2ccc(F)cc2F)cc1. The second-order valence-corrected chi connectivity index (χ2v) is 6.60. The molecule has 144 valence electrons. The normalized spacial score (nSPS) is 10.3. The van der Waals surface area contributed by atoms with Crippen LogP contribution in [0, 0.1) is 11.6 Å². The lowest BCUT2D eigenvalue weighted by atomic mass is 10.1. The zero-order valence-electron chi connectivity index (χ0n) is 14.8. The predicted octanol–water partition coefficient (Wildman–Crippen LogP) is 3.00. The molecule has 2 N–H and O–H groups in total. The highest BCUT2D eigenvalue weighted by molar-refractivity contribution is 8.00. The van der Waals surface area contributed by atoms with Crippen LogP contribution in [0.3, 0.4) is 0 Å². The number of ether oxygens (including phenoxy) is 1. The van der Waals surface area contributed by atoms with Gasteiger partial charge in [0.25, 0.3) is 0 Å². The predicted molar refractivity (Wildman–Crippen MR) is 102 cm³/mol. The molecule has 8 heteroatoms. The molecule has 0 unspecified atom stereocenters. The standard InChI is InChI=1S/C19H20F2N2O3S/c1-26-15-5-2-13(3-6-15)8-9-22-18(24)11-27-12-19(25)23-17-7-4-14(20)10-16(17)21/h2-7,10H,8-9,11-12H2,1H3,(H,22,24)(H,23,25). The first-order valence-electron chi connectivity index (χ1n) is 8.20. The van der Waals surface area contributed by atoms with Crippen molar-refractivity contribution in [1.82, 2.24) is 5.32 Å². The van der Waals surface area contributed by atoms with Crippen LogP contribution in [0.2, 0.25) is 0 Å². The van der Waals surface area contributed by atoms with Crippen LogP contribution in [-0.4, -0.2) is 37.0 Å². The van der Waals surface area contributed by atoms with Crippen LogP contribution in [0.5, 0.6) is 5.75 Å². The van der Waals surface area contributed by atoms with Crippen molar-refractivity contribution in [3.8, 4) is 5.75 Å². The molecular weight excluding hydrogens is 374 g/mol. The summed E-state index contributed by atoms with van der Waals surface area (Å²) in [6.45, 7) is 0.485. The minimum Gasteiger partial charge on any atom is -0.497 e. The number of amides is 2. The summed E-state index contributed by atoms with van der Waals surface area (Å²) < 4.78 is 31.3. The highest BCUT2D eigenvalue weighted by atomic mass is 32.2. The first-order chi connectivity index (χ1) is 13.0. The van der Waals surface area contributed by atoms with E-state index in [1.807, 2.05) is 24.3 Å². The van der Waals surface area contributed by atoms with Gasteiger partial charge in [0.2, 0.25) is 11.8 Å². The van der Waals surface area contributed by atoms with E-state index in [0.29, 0.717) is 19.0 Å². The van der Waals surface area contributed by atoms with Crippen molar-refractivity contribution in [3.63, 3.8) is 0 Å². The van der Waals surface area contributed by atoms with Gasteiger partial charge in [-0.05, 0) is 36.2 Å². The average molecular weight is 394 g/mol. The Labute approximate surface area is 160 Å². The molecule has 0 aliphatic carbocycles. The fourth-order valence-corrected chi connectivity index (χ4v) is 2.85. The van der Waals surface area contributed by atoms with Gasteiger partial charge in [0.15, 0.2) is 0 Å². The second kappa shape index (κ2) is 10.5. The molecule has 5 nitrogen and oxygen atoms in total. The fourth-order valence-electron chi connectivity index (χ4n) is 2.20. The van der Waals surface area contributed by atoms with Crippen molar-refractivity contribution in [2.24, 2.45) is 0 Å². The fraction of sp³-hybridized carbons (Fsp3) is 0.263. The Morgan fingerprint density at radius 3 is 2.41 bits per heavy atom. The van der Waals surface area contributed by atoms with E-state index >= 15 is 0 Å². The molecule has 2 aromatic rings. The molecule has 0 saturated heterocycles. The van der Waals surface area contributed by atoms with E-state index in [2.05, 4.69) is 10.6 Å². The highest BCUT2D eigenvalue weighted by Crippen LogP contribution is 2.15. The van der Waals surface area contributed by atoms with Gasteiger partial charge in [-0.15, -0.1) is 11.8 Å². The molecular formula is C19H20F2N2O3S. The van der Waals surface area contributed by atoms with E-state index in [9.17, 15) is 18.4 Å². The van der Waals surface area contributed by atoms with Crippen molar-refractivity contribution >= 4 is 29.3 Å². The number of halogens is 2. The van der Waals surface area contributed by atoms with Crippen LogP contribution in [0.15, 0.2) is 42.5 Å². The monoisotopic (exact) mass is 394 g/mol. The summed E-state index contributed by atoms with van der Waals surface area (Å²) >= 11 is 1.11. The molecule has 0 radical (unpaired) electrons. The van der Waals surface area contributed by atoms with Crippen LogP contribution in [-0.2, 0) is 16.0 Å². The van der Waals surface area contributed by atoms with E-state index in [-0.39, 0.29) is 23.1 Å². The summed E-state index contributed by atoms with van der Waals surface area (Å²) in [6, 6.07) is 10.5. The van der Waals surface area contributed by atoms with Crippen LogP contribution in [0.25, 0.3) is 0 Å². The zero-order chi connectivity index (χ0) is 19.6. The highest BCUT2D eigenvalue weighted by Gasteiger charge is 2.09. The van der Waals surface area contributed by atoms with Gasteiger partial charge in [-0.1, -0.05) is 12.1 Å². The molecule has 2 aromatic carbocycles. The number of carbonyl (C=O) groups excluding carboxylic acids is 2. The molecule has 0 saturated carbocycles. The van der Waals surface area contributed by atoms with Gasteiger partial charge in [0, 0.05) is 12.6 Å². The summed E-state index contributed by atoms with van der Waals surface area (Å²) in [5, 5.41) is 5.12. The Hall–Kier alpha value is -2.61. The van der Waals surface area contributed by atoms with Gasteiger partial charge in [0.1, 0.15) is 17.4 Å². The Bertz CT molecular complexity index is 785. The van der Waals surface area contributed by atoms with Crippen molar-refractivity contribution < 1.29 is 23.1 Å². The largest absolute Gasteiger partial charge is 0.497 e. The molecule has 0 bridgehead atoms. The van der Waals surface area contributed by atoms with Gasteiger partial charge in [-0.2, -0.15) is 0 Å². The Kier molecular flexibility index (Phi) is 8.06. The number of methoxy groups -OCH3 is 1. The maximum absolute atomic E-state index is 13.5. The summed E-state index contributed by atoms with van der Waals surface area (Å²) in [7, 11) is 1.60. The van der Waals surface area contributed by atoms with Gasteiger partial charge in [0.05, 0.1) is 24.3 Å². The van der Waals surface area contributed by atoms with Crippen LogP contribution >= 0.6 is 11.8 Å². The van der Waals surface area contributed by atoms with Crippen molar-refractivity contribution in [2.45, 2.75) is 6.42 Å². The van der Waals surface area contributed by atoms with Crippen LogP contribution in [0.1, 0.15) is 5.56 Å². The topological polar surface area (TPSA) is 67.4 Å². The number of thioether (sulfide) groups is 1. The number of benzene rings is 2. The molecule has 2 rings (SSSR count). The summed E-state index contributed by atoms with van der Waals surface area (Å²) in [5.41, 5.74) is 0.982. The molecule has 27 heavy (non-hydrogen) atoms. The van der Waals surface area contributed by atoms with Gasteiger partial charge in [-0.3, -0.25) is 9.59 Å². The van der Waals surface area contributed by atoms with E-state index < -0.39 is 17.5 Å². The van der Waals surface area contributed by atoms with Crippen LogP contribution in [0.4, 0.5) is 14.5 Å². The smallest absolute Gasteiger partial charge is 0.234 e. The summed E-state index contributed by atoms with van der Waals surface area (Å²) in [4.78, 5) is 23.5. The maximum Gasteiger partial charge on any atom is 0.234 e. The summed E-state index contributed by atoms with van der Waals surface area (Å²) in [6.07, 6.45) is 0.685. The third-order valence-electron chi connectivity index (χ3n) is 3.57. The molecule has 0 fully saturated rings. The zero-order valence-corrected chi connectivity index (χ0v) is 15.6. The van der Waals surface area contributed by atoms with Gasteiger partial charge >= 0.3 is 0 Å².